The maximum atomic E-state index is 11.7. The van der Waals surface area contributed by atoms with Gasteiger partial charge in [-0.1, -0.05) is 30.3 Å². The molecule has 106 valence electrons. The molecule has 0 aliphatic carbocycles. The Balaban J connectivity index is 3.49. The Morgan fingerprint density at radius 3 is 2.00 bits per heavy atom. The van der Waals surface area contributed by atoms with Crippen LogP contribution in [-0.2, 0) is 19.1 Å². The van der Waals surface area contributed by atoms with Crippen LogP contribution in [-0.4, -0.2) is 37.6 Å². The van der Waals surface area contributed by atoms with Crippen LogP contribution in [0.4, 0.5) is 0 Å². The second kappa shape index (κ2) is 7.03. The fourth-order valence-corrected chi connectivity index (χ4v) is 1.62. The summed E-state index contributed by atoms with van der Waals surface area (Å²) < 4.78 is 9.00. The summed E-state index contributed by atoms with van der Waals surface area (Å²) in [5.74, 6) is -1.95. The number of carbonyl (C=O) groups excluding carboxylic acids is 2. The molecule has 0 aliphatic rings. The van der Waals surface area contributed by atoms with Gasteiger partial charge in [-0.3, -0.25) is 10.1 Å². The van der Waals surface area contributed by atoms with Crippen LogP contribution in [0.2, 0.25) is 0 Å². The Morgan fingerprint density at radius 1 is 1.10 bits per heavy atom. The first-order valence-corrected chi connectivity index (χ1v) is 5.58. The van der Waals surface area contributed by atoms with Gasteiger partial charge in [-0.25, -0.2) is 9.59 Å². The van der Waals surface area contributed by atoms with Gasteiger partial charge in [0.25, 0.3) is 0 Å². The average molecular weight is 279 g/mol. The van der Waals surface area contributed by atoms with Crippen LogP contribution >= 0.6 is 0 Å². The second-order valence-corrected chi connectivity index (χ2v) is 3.69. The third-order valence-electron chi connectivity index (χ3n) is 2.49. The molecule has 1 rings (SSSR count). The molecule has 0 aliphatic heterocycles. The van der Waals surface area contributed by atoms with E-state index in [0.29, 0.717) is 5.56 Å². The fraction of sp³-hybridized carbons (Fsp3) is 0.231. The Hall–Kier alpha value is -2.70. The fourth-order valence-electron chi connectivity index (χ4n) is 1.62. The van der Waals surface area contributed by atoms with Crippen LogP contribution in [0.1, 0.15) is 5.56 Å². The number of ether oxygens (including phenoxy) is 2. The van der Waals surface area contributed by atoms with E-state index in [1.54, 1.807) is 30.3 Å². The first-order valence-electron chi connectivity index (χ1n) is 5.58. The third kappa shape index (κ3) is 3.64. The van der Waals surface area contributed by atoms with Crippen LogP contribution in [0.3, 0.4) is 0 Å². The van der Waals surface area contributed by atoms with Crippen molar-refractivity contribution in [1.82, 2.24) is 0 Å². The highest BCUT2D eigenvalue weighted by molar-refractivity contribution is 6.20. The van der Waals surface area contributed by atoms with Gasteiger partial charge in [0.15, 0.2) is 5.57 Å². The van der Waals surface area contributed by atoms with Crippen molar-refractivity contribution >= 4 is 17.5 Å². The normalized spacial score (nSPS) is 9.50. The molecule has 0 heterocycles. The first kappa shape index (κ1) is 15.4. The van der Waals surface area contributed by atoms with Crippen molar-refractivity contribution in [3.05, 3.63) is 51.6 Å². The molecule has 7 nitrogen and oxygen atoms in total. The third-order valence-corrected chi connectivity index (χ3v) is 2.49. The van der Waals surface area contributed by atoms with Gasteiger partial charge in [-0.05, 0) is 5.56 Å². The number of nitrogens with zero attached hydrogens (tertiary/aromatic N) is 1. The summed E-state index contributed by atoms with van der Waals surface area (Å²) in [4.78, 5) is 33.6. The standard InChI is InChI=1S/C13H13NO6/c1-19-12(15)11(13(16)20-2)10(8-14(17)18)9-6-4-3-5-7-9/h3-7H,8H2,1-2H3. The zero-order chi connectivity index (χ0) is 15.1. The summed E-state index contributed by atoms with van der Waals surface area (Å²) in [6, 6.07) is 8.11. The minimum Gasteiger partial charge on any atom is -0.465 e. The summed E-state index contributed by atoms with van der Waals surface area (Å²) in [7, 11) is 2.17. The zero-order valence-electron chi connectivity index (χ0n) is 11.0. The predicted molar refractivity (Wildman–Crippen MR) is 69.3 cm³/mol. The summed E-state index contributed by atoms with van der Waals surface area (Å²) in [6.07, 6.45) is 0. The van der Waals surface area contributed by atoms with E-state index in [1.165, 1.54) is 0 Å². The maximum absolute atomic E-state index is 11.7. The van der Waals surface area contributed by atoms with E-state index in [4.69, 9.17) is 0 Å². The molecule has 0 saturated heterocycles. The van der Waals surface area contributed by atoms with E-state index in [1.807, 2.05) is 0 Å². The van der Waals surface area contributed by atoms with E-state index >= 15 is 0 Å². The zero-order valence-corrected chi connectivity index (χ0v) is 11.0. The van der Waals surface area contributed by atoms with Crippen molar-refractivity contribution in [2.24, 2.45) is 0 Å². The van der Waals surface area contributed by atoms with Gasteiger partial charge >= 0.3 is 11.9 Å². The molecule has 0 radical (unpaired) electrons. The minimum atomic E-state index is -0.974. The first-order chi connectivity index (χ1) is 9.51. The summed E-state index contributed by atoms with van der Waals surface area (Å²) >= 11 is 0. The average Bonchev–Trinajstić information content (AvgIpc) is 2.46. The van der Waals surface area contributed by atoms with Crippen molar-refractivity contribution in [1.29, 1.82) is 0 Å². The molecule has 20 heavy (non-hydrogen) atoms. The summed E-state index contributed by atoms with van der Waals surface area (Å²) in [5.41, 5.74) is -0.137. The summed E-state index contributed by atoms with van der Waals surface area (Å²) in [6.45, 7) is -0.691. The molecule has 1 aromatic rings. The molecule has 0 fully saturated rings. The van der Waals surface area contributed by atoms with Gasteiger partial charge in [0.1, 0.15) is 0 Å². The number of hydrogen-bond acceptors (Lipinski definition) is 6. The molecule has 0 saturated carbocycles. The largest absolute Gasteiger partial charge is 0.465 e. The van der Waals surface area contributed by atoms with Gasteiger partial charge in [0.2, 0.25) is 6.54 Å². The van der Waals surface area contributed by atoms with Gasteiger partial charge in [0.05, 0.1) is 19.8 Å². The van der Waals surface area contributed by atoms with E-state index in [2.05, 4.69) is 9.47 Å². The minimum absolute atomic E-state index is 0.0469. The number of nitro groups is 1. The lowest BCUT2D eigenvalue weighted by Crippen LogP contribution is -2.20. The molecule has 1 aromatic carbocycles. The molecular weight excluding hydrogens is 266 g/mol. The molecule has 0 atom stereocenters. The van der Waals surface area contributed by atoms with Crippen LogP contribution in [0.5, 0.6) is 0 Å². The number of hydrogen-bond donors (Lipinski definition) is 0. The molecular formula is C13H13NO6. The highest BCUT2D eigenvalue weighted by Crippen LogP contribution is 2.21. The highest BCUT2D eigenvalue weighted by atomic mass is 16.6. The van der Waals surface area contributed by atoms with Crippen molar-refractivity contribution in [3.63, 3.8) is 0 Å². The molecule has 0 bridgehead atoms. The van der Waals surface area contributed by atoms with Gasteiger partial charge in [-0.2, -0.15) is 0 Å². The molecule has 0 spiro atoms. The van der Waals surface area contributed by atoms with E-state index in [0.717, 1.165) is 14.2 Å². The van der Waals surface area contributed by atoms with Gasteiger partial charge in [0, 0.05) is 4.92 Å². The lowest BCUT2D eigenvalue weighted by Gasteiger charge is -2.09. The van der Waals surface area contributed by atoms with E-state index in [9.17, 15) is 19.7 Å². The van der Waals surface area contributed by atoms with Crippen LogP contribution in [0, 0.1) is 10.1 Å². The Morgan fingerprint density at radius 2 is 1.60 bits per heavy atom. The van der Waals surface area contributed by atoms with Crippen LogP contribution in [0.25, 0.3) is 5.57 Å². The van der Waals surface area contributed by atoms with Crippen LogP contribution in [0.15, 0.2) is 35.9 Å². The van der Waals surface area contributed by atoms with E-state index < -0.39 is 29.0 Å². The topological polar surface area (TPSA) is 95.7 Å². The van der Waals surface area contributed by atoms with Crippen molar-refractivity contribution < 1.29 is 24.0 Å². The maximum Gasteiger partial charge on any atom is 0.345 e. The number of esters is 2. The van der Waals surface area contributed by atoms with Crippen molar-refractivity contribution in [2.45, 2.75) is 0 Å². The Kier molecular flexibility index (Phi) is 5.40. The van der Waals surface area contributed by atoms with E-state index in [-0.39, 0.29) is 5.57 Å². The lowest BCUT2D eigenvalue weighted by molar-refractivity contribution is -0.465. The predicted octanol–water partition coefficient (Wildman–Crippen LogP) is 1.06. The van der Waals surface area contributed by atoms with Crippen LogP contribution < -0.4 is 0 Å². The summed E-state index contributed by atoms with van der Waals surface area (Å²) in [5, 5.41) is 10.8. The SMILES string of the molecule is COC(=O)C(C(=O)OC)=C(C[N+](=O)[O-])c1ccccc1. The second-order valence-electron chi connectivity index (χ2n) is 3.69. The number of benzene rings is 1. The molecule has 0 unspecified atom stereocenters. The van der Waals surface area contributed by atoms with Crippen molar-refractivity contribution in [3.8, 4) is 0 Å². The highest BCUT2D eigenvalue weighted by Gasteiger charge is 2.28. The molecule has 0 amide bonds. The Labute approximate surface area is 114 Å². The lowest BCUT2D eigenvalue weighted by atomic mass is 10.00. The van der Waals surface area contributed by atoms with Crippen molar-refractivity contribution in [2.75, 3.05) is 20.8 Å². The quantitative estimate of drug-likeness (QED) is 0.200. The molecule has 0 aromatic heterocycles. The smallest absolute Gasteiger partial charge is 0.345 e. The number of carbonyl (C=O) groups is 2. The van der Waals surface area contributed by atoms with Gasteiger partial charge in [-0.15, -0.1) is 0 Å². The number of methoxy groups -OCH3 is 2. The monoisotopic (exact) mass is 279 g/mol. The Bertz CT molecular complexity index is 531. The van der Waals surface area contributed by atoms with Gasteiger partial charge < -0.3 is 9.47 Å². The molecule has 7 heteroatoms. The number of rotatable bonds is 5. The molecule has 0 N–H and O–H groups in total.